The van der Waals surface area contributed by atoms with E-state index in [2.05, 4.69) is 15.4 Å². The molecule has 0 aliphatic rings. The molecule has 0 radical (unpaired) electrons. The highest BCUT2D eigenvalue weighted by Crippen LogP contribution is 2.28. The van der Waals surface area contributed by atoms with Crippen LogP contribution >= 0.6 is 0 Å². The van der Waals surface area contributed by atoms with E-state index in [-0.39, 0.29) is 12.0 Å². The average molecular weight is 286 g/mol. The molecule has 0 aliphatic carbocycles. The lowest BCUT2D eigenvalue weighted by Gasteiger charge is -2.18. The highest BCUT2D eigenvalue weighted by Gasteiger charge is 2.16. The Kier molecular flexibility index (Phi) is 4.75. The molecule has 1 aromatic carbocycles. The molecule has 21 heavy (non-hydrogen) atoms. The fourth-order valence-corrected chi connectivity index (χ4v) is 1.99. The topological polar surface area (TPSA) is 73.1 Å². The van der Waals surface area contributed by atoms with Gasteiger partial charge in [-0.15, -0.1) is 0 Å². The summed E-state index contributed by atoms with van der Waals surface area (Å²) in [6.45, 7) is 7.97. The van der Waals surface area contributed by atoms with Crippen LogP contribution in [0.15, 0.2) is 30.3 Å². The number of hydrazine groups is 1. The molecule has 0 saturated heterocycles. The van der Waals surface area contributed by atoms with Crippen LogP contribution < -0.4 is 16.0 Å². The van der Waals surface area contributed by atoms with Crippen molar-refractivity contribution in [1.29, 1.82) is 0 Å². The van der Waals surface area contributed by atoms with Crippen LogP contribution in [0.2, 0.25) is 0 Å². The molecular weight excluding hydrogens is 264 g/mol. The van der Waals surface area contributed by atoms with Gasteiger partial charge in [0.1, 0.15) is 17.7 Å². The van der Waals surface area contributed by atoms with E-state index >= 15 is 0 Å². The van der Waals surface area contributed by atoms with Crippen LogP contribution in [0.3, 0.4) is 0 Å². The van der Waals surface area contributed by atoms with Gasteiger partial charge in [0.2, 0.25) is 5.88 Å². The number of hydrogen-bond donors (Lipinski definition) is 2. The van der Waals surface area contributed by atoms with Gasteiger partial charge >= 0.3 is 0 Å². The van der Waals surface area contributed by atoms with Crippen LogP contribution in [0, 0.1) is 6.92 Å². The highest BCUT2D eigenvalue weighted by atomic mass is 16.5. The molecule has 3 N–H and O–H groups in total. The molecule has 5 heteroatoms. The molecule has 0 bridgehead atoms. The Morgan fingerprint density at radius 1 is 1.10 bits per heavy atom. The molecule has 1 heterocycles. The van der Waals surface area contributed by atoms with Crippen molar-refractivity contribution < 1.29 is 4.74 Å². The summed E-state index contributed by atoms with van der Waals surface area (Å²) in [5, 5.41) is 0. The summed E-state index contributed by atoms with van der Waals surface area (Å²) in [4.78, 5) is 8.92. The molecule has 0 amide bonds. The Morgan fingerprint density at radius 3 is 2.33 bits per heavy atom. The minimum atomic E-state index is -0.0922. The Bertz CT molecular complexity index is 599. The molecule has 1 aromatic heterocycles. The smallest absolute Gasteiger partial charge is 0.222 e. The van der Waals surface area contributed by atoms with Crippen molar-refractivity contribution >= 4 is 5.82 Å². The maximum Gasteiger partial charge on any atom is 0.222 e. The molecule has 0 aliphatic heterocycles. The fraction of sp³-hybridized carbons (Fsp3) is 0.375. The molecule has 2 aromatic rings. The standard InChI is InChI=1S/C16H22N4O/c1-10(2)14-18-15(20-17)11(3)16(19-14)21-12(4)13-8-6-5-7-9-13/h5-10,12H,17H2,1-4H3,(H,18,19,20). The maximum absolute atomic E-state index is 6.02. The van der Waals surface area contributed by atoms with Gasteiger partial charge in [-0.1, -0.05) is 44.2 Å². The summed E-state index contributed by atoms with van der Waals surface area (Å²) in [6, 6.07) is 10.0. The normalized spacial score (nSPS) is 12.3. The Hall–Kier alpha value is -2.14. The van der Waals surface area contributed by atoms with Crippen molar-refractivity contribution in [2.24, 2.45) is 5.84 Å². The number of benzene rings is 1. The van der Waals surface area contributed by atoms with Gasteiger partial charge in [-0.3, -0.25) is 0 Å². The van der Waals surface area contributed by atoms with E-state index in [1.54, 1.807) is 0 Å². The first-order valence-corrected chi connectivity index (χ1v) is 7.09. The maximum atomic E-state index is 6.02. The van der Waals surface area contributed by atoms with E-state index in [9.17, 15) is 0 Å². The largest absolute Gasteiger partial charge is 0.469 e. The average Bonchev–Trinajstić information content (AvgIpc) is 2.49. The van der Waals surface area contributed by atoms with Crippen LogP contribution in [-0.4, -0.2) is 9.97 Å². The van der Waals surface area contributed by atoms with E-state index in [4.69, 9.17) is 10.6 Å². The van der Waals surface area contributed by atoms with Crippen LogP contribution in [-0.2, 0) is 0 Å². The molecule has 112 valence electrons. The number of rotatable bonds is 5. The predicted octanol–water partition coefficient (Wildman–Crippen LogP) is 3.33. The number of nitrogens with zero attached hydrogens (tertiary/aromatic N) is 2. The lowest BCUT2D eigenvalue weighted by atomic mass is 10.1. The SMILES string of the molecule is Cc1c(NN)nc(C(C)C)nc1OC(C)c1ccccc1. The summed E-state index contributed by atoms with van der Waals surface area (Å²) in [5.41, 5.74) is 4.52. The van der Waals surface area contributed by atoms with Crippen LogP contribution in [0.25, 0.3) is 0 Å². The van der Waals surface area contributed by atoms with Crippen molar-refractivity contribution in [2.45, 2.75) is 39.7 Å². The number of nitrogen functional groups attached to an aromatic ring is 1. The summed E-state index contributed by atoms with van der Waals surface area (Å²) >= 11 is 0. The fourth-order valence-electron chi connectivity index (χ4n) is 1.99. The van der Waals surface area contributed by atoms with Gasteiger partial charge in [0.15, 0.2) is 0 Å². The predicted molar refractivity (Wildman–Crippen MR) is 84.2 cm³/mol. The van der Waals surface area contributed by atoms with E-state index < -0.39 is 0 Å². The zero-order chi connectivity index (χ0) is 15.4. The zero-order valence-electron chi connectivity index (χ0n) is 12.9. The van der Waals surface area contributed by atoms with Crippen LogP contribution in [0.1, 0.15) is 49.7 Å². The number of hydrogen-bond acceptors (Lipinski definition) is 5. The number of anilines is 1. The van der Waals surface area contributed by atoms with Gasteiger partial charge in [-0.25, -0.2) is 10.8 Å². The first-order valence-electron chi connectivity index (χ1n) is 7.09. The third kappa shape index (κ3) is 3.49. The third-order valence-electron chi connectivity index (χ3n) is 3.33. The summed E-state index contributed by atoms with van der Waals surface area (Å²) in [7, 11) is 0. The van der Waals surface area contributed by atoms with Crippen molar-refractivity contribution in [3.8, 4) is 5.88 Å². The summed E-state index contributed by atoms with van der Waals surface area (Å²) < 4.78 is 6.02. The second-order valence-electron chi connectivity index (χ2n) is 5.33. The lowest BCUT2D eigenvalue weighted by molar-refractivity contribution is 0.214. The minimum absolute atomic E-state index is 0.0922. The van der Waals surface area contributed by atoms with E-state index in [0.29, 0.717) is 17.5 Å². The van der Waals surface area contributed by atoms with Crippen LogP contribution in [0.5, 0.6) is 5.88 Å². The van der Waals surface area contributed by atoms with Crippen molar-refractivity contribution in [1.82, 2.24) is 9.97 Å². The monoisotopic (exact) mass is 286 g/mol. The van der Waals surface area contributed by atoms with E-state index in [0.717, 1.165) is 11.1 Å². The van der Waals surface area contributed by atoms with Gasteiger partial charge in [0, 0.05) is 5.92 Å². The summed E-state index contributed by atoms with van der Waals surface area (Å²) in [5.74, 6) is 7.62. The van der Waals surface area contributed by atoms with Crippen molar-refractivity contribution in [3.05, 3.63) is 47.3 Å². The van der Waals surface area contributed by atoms with Gasteiger partial charge in [0.05, 0.1) is 5.56 Å². The summed E-state index contributed by atoms with van der Waals surface area (Å²) in [6.07, 6.45) is -0.0922. The quantitative estimate of drug-likeness (QED) is 0.651. The lowest BCUT2D eigenvalue weighted by Crippen LogP contribution is -2.15. The minimum Gasteiger partial charge on any atom is -0.469 e. The second kappa shape index (κ2) is 6.54. The van der Waals surface area contributed by atoms with Crippen LogP contribution in [0.4, 0.5) is 5.82 Å². The van der Waals surface area contributed by atoms with Crippen molar-refractivity contribution in [3.63, 3.8) is 0 Å². The number of ether oxygens (including phenoxy) is 1. The highest BCUT2D eigenvalue weighted by molar-refractivity contribution is 5.48. The van der Waals surface area contributed by atoms with E-state index in [1.807, 2.05) is 58.0 Å². The van der Waals surface area contributed by atoms with E-state index in [1.165, 1.54) is 0 Å². The van der Waals surface area contributed by atoms with Gasteiger partial charge in [-0.05, 0) is 19.4 Å². The van der Waals surface area contributed by atoms with Gasteiger partial charge in [0.25, 0.3) is 0 Å². The Balaban J connectivity index is 2.32. The first kappa shape index (κ1) is 15.3. The Labute approximate surface area is 125 Å². The number of aromatic nitrogens is 2. The van der Waals surface area contributed by atoms with Crippen molar-refractivity contribution in [2.75, 3.05) is 5.43 Å². The molecule has 0 saturated carbocycles. The molecule has 1 atom stereocenters. The molecule has 1 unspecified atom stereocenters. The van der Waals surface area contributed by atoms with Gasteiger partial charge in [-0.2, -0.15) is 4.98 Å². The molecule has 5 nitrogen and oxygen atoms in total. The molecular formula is C16H22N4O. The number of nitrogens with one attached hydrogen (secondary N) is 1. The number of nitrogens with two attached hydrogens (primary N) is 1. The molecule has 0 spiro atoms. The molecule has 2 rings (SSSR count). The third-order valence-corrected chi connectivity index (χ3v) is 3.33. The Morgan fingerprint density at radius 2 is 1.76 bits per heavy atom. The molecule has 0 fully saturated rings. The zero-order valence-corrected chi connectivity index (χ0v) is 12.9. The second-order valence-corrected chi connectivity index (χ2v) is 5.33. The first-order chi connectivity index (χ1) is 10.0. The van der Waals surface area contributed by atoms with Gasteiger partial charge < -0.3 is 10.2 Å².